The smallest absolute Gasteiger partial charge is 0.449 e. The van der Waals surface area contributed by atoms with Crippen LogP contribution in [0.3, 0.4) is 0 Å². The third-order valence-corrected chi connectivity index (χ3v) is 2.62. The topological polar surface area (TPSA) is 46.5 Å². The summed E-state index contributed by atoms with van der Waals surface area (Å²) in [6.07, 6.45) is -1.30. The van der Waals surface area contributed by atoms with Crippen LogP contribution in [0.2, 0.25) is 0 Å². The molecule has 2 aromatic rings. The Morgan fingerprint density at radius 2 is 1.67 bits per heavy atom. The Balaban J connectivity index is 2.52. The van der Waals surface area contributed by atoms with Crippen molar-refractivity contribution in [1.29, 1.82) is 0 Å². The molecule has 0 aromatic heterocycles. The summed E-state index contributed by atoms with van der Waals surface area (Å²) < 4.78 is 4.80. The molecule has 3 heteroatoms. The molecule has 0 unspecified atom stereocenters. The van der Waals surface area contributed by atoms with Crippen molar-refractivity contribution >= 4 is 6.16 Å². The molecule has 1 N–H and O–H groups in total. The largest absolute Gasteiger partial charge is 0.511 e. The monoisotopic (exact) mass is 242 g/mol. The minimum absolute atomic E-state index is 0.356. The van der Waals surface area contributed by atoms with Crippen LogP contribution in [0.4, 0.5) is 4.79 Å². The van der Waals surface area contributed by atoms with E-state index in [0.717, 1.165) is 22.3 Å². The maximum atomic E-state index is 10.7. The van der Waals surface area contributed by atoms with Crippen LogP contribution in [0.25, 0.3) is 11.1 Å². The van der Waals surface area contributed by atoms with Gasteiger partial charge in [0.25, 0.3) is 0 Å². The molecule has 0 aliphatic heterocycles. The van der Waals surface area contributed by atoms with E-state index in [1.807, 2.05) is 38.1 Å². The minimum atomic E-state index is -1.30. The Morgan fingerprint density at radius 1 is 1.06 bits per heavy atom. The fourth-order valence-electron chi connectivity index (χ4n) is 2.02. The lowest BCUT2D eigenvalue weighted by Crippen LogP contribution is -2.04. The molecule has 3 nitrogen and oxygen atoms in total. The summed E-state index contributed by atoms with van der Waals surface area (Å²) >= 11 is 0. The second kappa shape index (κ2) is 4.92. The molecule has 0 saturated carbocycles. The Kier molecular flexibility index (Phi) is 3.33. The van der Waals surface area contributed by atoms with E-state index in [1.54, 1.807) is 12.1 Å². The average molecular weight is 242 g/mol. The van der Waals surface area contributed by atoms with Crippen molar-refractivity contribution in [2.45, 2.75) is 13.8 Å². The lowest BCUT2D eigenvalue weighted by molar-refractivity contribution is 0.144. The van der Waals surface area contributed by atoms with Crippen molar-refractivity contribution in [3.8, 4) is 16.9 Å². The Hall–Kier alpha value is -2.29. The summed E-state index contributed by atoms with van der Waals surface area (Å²) in [6.45, 7) is 4.02. The predicted octanol–water partition coefficient (Wildman–Crippen LogP) is 4.03. The van der Waals surface area contributed by atoms with Gasteiger partial charge >= 0.3 is 6.16 Å². The van der Waals surface area contributed by atoms with Crippen LogP contribution in [-0.4, -0.2) is 11.3 Å². The normalized spacial score (nSPS) is 10.1. The van der Waals surface area contributed by atoms with Crippen LogP contribution in [0, 0.1) is 13.8 Å². The second-order valence-corrected chi connectivity index (χ2v) is 4.24. The summed E-state index contributed by atoms with van der Waals surface area (Å²) in [7, 11) is 0. The number of aryl methyl sites for hydroxylation is 2. The van der Waals surface area contributed by atoms with E-state index >= 15 is 0 Å². The van der Waals surface area contributed by atoms with Gasteiger partial charge in [0.2, 0.25) is 0 Å². The second-order valence-electron chi connectivity index (χ2n) is 4.24. The van der Waals surface area contributed by atoms with Crippen molar-refractivity contribution in [3.05, 3.63) is 53.6 Å². The van der Waals surface area contributed by atoms with E-state index in [2.05, 4.69) is 6.07 Å². The van der Waals surface area contributed by atoms with E-state index in [9.17, 15) is 4.79 Å². The number of carbonyl (C=O) groups is 1. The first kappa shape index (κ1) is 12.2. The Bertz CT molecular complexity index is 568. The number of rotatable bonds is 2. The quantitative estimate of drug-likeness (QED) is 0.639. The fourth-order valence-corrected chi connectivity index (χ4v) is 2.02. The lowest BCUT2D eigenvalue weighted by Gasteiger charge is -2.09. The molecule has 0 heterocycles. The van der Waals surface area contributed by atoms with Gasteiger partial charge in [0.15, 0.2) is 0 Å². The molecule has 0 saturated heterocycles. The maximum absolute atomic E-state index is 10.7. The average Bonchev–Trinajstić information content (AvgIpc) is 2.27. The van der Waals surface area contributed by atoms with Gasteiger partial charge in [0.05, 0.1) is 0 Å². The molecule has 2 rings (SSSR count). The molecule has 0 bridgehead atoms. The molecule has 0 atom stereocenters. The Labute approximate surface area is 106 Å². The SMILES string of the molecule is Cc1cc(C)cc(-c2ccccc2OC(=O)O)c1. The van der Waals surface area contributed by atoms with Crippen LogP contribution in [0.15, 0.2) is 42.5 Å². The van der Waals surface area contributed by atoms with Crippen molar-refractivity contribution in [3.63, 3.8) is 0 Å². The molecule has 0 aliphatic rings. The van der Waals surface area contributed by atoms with Gasteiger partial charge in [0, 0.05) is 5.56 Å². The lowest BCUT2D eigenvalue weighted by atomic mass is 10.00. The summed E-state index contributed by atoms with van der Waals surface area (Å²) in [6, 6.07) is 13.2. The summed E-state index contributed by atoms with van der Waals surface area (Å²) in [5.41, 5.74) is 4.02. The van der Waals surface area contributed by atoms with Gasteiger partial charge in [-0.05, 0) is 25.5 Å². The number of ether oxygens (including phenoxy) is 1. The first-order valence-corrected chi connectivity index (χ1v) is 5.65. The van der Waals surface area contributed by atoms with E-state index in [0.29, 0.717) is 5.75 Å². The van der Waals surface area contributed by atoms with Crippen molar-refractivity contribution in [1.82, 2.24) is 0 Å². The molecule has 0 spiro atoms. The van der Waals surface area contributed by atoms with Crippen molar-refractivity contribution in [2.75, 3.05) is 0 Å². The van der Waals surface area contributed by atoms with E-state index < -0.39 is 6.16 Å². The highest BCUT2D eigenvalue weighted by atomic mass is 16.7. The zero-order valence-electron chi connectivity index (χ0n) is 10.3. The van der Waals surface area contributed by atoms with Gasteiger partial charge in [-0.3, -0.25) is 0 Å². The molecule has 2 aromatic carbocycles. The third kappa shape index (κ3) is 2.69. The number of para-hydroxylation sites is 1. The molecule has 0 aliphatic carbocycles. The molecule has 18 heavy (non-hydrogen) atoms. The number of hydrogen-bond donors (Lipinski definition) is 1. The molecular weight excluding hydrogens is 228 g/mol. The molecule has 92 valence electrons. The van der Waals surface area contributed by atoms with Gasteiger partial charge in [-0.2, -0.15) is 0 Å². The minimum Gasteiger partial charge on any atom is -0.449 e. The zero-order valence-corrected chi connectivity index (χ0v) is 10.3. The first-order chi connectivity index (χ1) is 8.56. The van der Waals surface area contributed by atoms with Gasteiger partial charge in [-0.15, -0.1) is 0 Å². The highest BCUT2D eigenvalue weighted by Gasteiger charge is 2.09. The summed E-state index contributed by atoms with van der Waals surface area (Å²) in [5, 5.41) is 8.73. The zero-order chi connectivity index (χ0) is 13.1. The number of hydrogen-bond acceptors (Lipinski definition) is 2. The van der Waals surface area contributed by atoms with E-state index in [-0.39, 0.29) is 0 Å². The molecule has 0 fully saturated rings. The van der Waals surface area contributed by atoms with E-state index in [1.165, 1.54) is 0 Å². The summed E-state index contributed by atoms with van der Waals surface area (Å²) in [5.74, 6) is 0.356. The van der Waals surface area contributed by atoms with Crippen LogP contribution >= 0.6 is 0 Å². The third-order valence-electron chi connectivity index (χ3n) is 2.62. The van der Waals surface area contributed by atoms with E-state index in [4.69, 9.17) is 9.84 Å². The molecule has 0 radical (unpaired) electrons. The van der Waals surface area contributed by atoms with Gasteiger partial charge in [-0.25, -0.2) is 4.79 Å². The molecular formula is C15H14O3. The van der Waals surface area contributed by atoms with Crippen molar-refractivity contribution < 1.29 is 14.6 Å². The number of carboxylic acid groups (broad SMARTS) is 1. The maximum Gasteiger partial charge on any atom is 0.511 e. The summed E-state index contributed by atoms with van der Waals surface area (Å²) in [4.78, 5) is 10.7. The first-order valence-electron chi connectivity index (χ1n) is 5.65. The molecule has 0 amide bonds. The Morgan fingerprint density at radius 3 is 2.28 bits per heavy atom. The standard InChI is InChI=1S/C15H14O3/c1-10-7-11(2)9-12(8-10)13-5-3-4-6-14(13)18-15(16)17/h3-9H,1-2H3,(H,16,17). The van der Waals surface area contributed by atoms with Gasteiger partial charge in [0.1, 0.15) is 5.75 Å². The highest BCUT2D eigenvalue weighted by molar-refractivity contribution is 5.74. The van der Waals surface area contributed by atoms with Gasteiger partial charge < -0.3 is 9.84 Å². The fraction of sp³-hybridized carbons (Fsp3) is 0.133. The number of benzene rings is 2. The van der Waals surface area contributed by atoms with Crippen LogP contribution < -0.4 is 4.74 Å². The van der Waals surface area contributed by atoms with Gasteiger partial charge in [-0.1, -0.05) is 47.5 Å². The van der Waals surface area contributed by atoms with Crippen LogP contribution in [-0.2, 0) is 0 Å². The van der Waals surface area contributed by atoms with Crippen LogP contribution in [0.1, 0.15) is 11.1 Å². The van der Waals surface area contributed by atoms with Crippen molar-refractivity contribution in [2.24, 2.45) is 0 Å². The highest BCUT2D eigenvalue weighted by Crippen LogP contribution is 2.31. The van der Waals surface area contributed by atoms with Crippen LogP contribution in [0.5, 0.6) is 5.75 Å². The predicted molar refractivity (Wildman–Crippen MR) is 70.0 cm³/mol.